The molecule has 1 N–H and O–H groups in total. The highest BCUT2D eigenvalue weighted by Crippen LogP contribution is 2.09. The zero-order chi connectivity index (χ0) is 16.5. The van der Waals surface area contributed by atoms with Gasteiger partial charge >= 0.3 is 6.09 Å². The highest BCUT2D eigenvalue weighted by atomic mass is 16.5. The predicted molar refractivity (Wildman–Crippen MR) is 88.3 cm³/mol. The van der Waals surface area contributed by atoms with Gasteiger partial charge in [0.1, 0.15) is 6.61 Å². The van der Waals surface area contributed by atoms with E-state index in [2.05, 4.69) is 10.3 Å². The van der Waals surface area contributed by atoms with Crippen molar-refractivity contribution in [3.63, 3.8) is 0 Å². The summed E-state index contributed by atoms with van der Waals surface area (Å²) >= 11 is 0. The minimum atomic E-state index is -0.427. The van der Waals surface area contributed by atoms with Crippen molar-refractivity contribution in [1.82, 2.24) is 10.3 Å². The average molecular weight is 314 g/mol. The SMILES string of the molecule is CC(C)Oc1cccc(CCNC(=O)OCc2ccccc2)n1. The predicted octanol–water partition coefficient (Wildman–Crippen LogP) is 3.34. The fourth-order valence-corrected chi connectivity index (χ4v) is 1.97. The van der Waals surface area contributed by atoms with Gasteiger partial charge in [0.2, 0.25) is 5.88 Å². The van der Waals surface area contributed by atoms with E-state index in [4.69, 9.17) is 9.47 Å². The van der Waals surface area contributed by atoms with E-state index < -0.39 is 6.09 Å². The molecule has 5 nitrogen and oxygen atoms in total. The first-order chi connectivity index (χ1) is 11.1. The lowest BCUT2D eigenvalue weighted by atomic mass is 10.2. The minimum Gasteiger partial charge on any atom is -0.475 e. The number of carbonyl (C=O) groups excluding carboxylic acids is 1. The normalized spacial score (nSPS) is 10.4. The number of benzene rings is 1. The standard InChI is InChI=1S/C18H22N2O3/c1-14(2)23-17-10-6-9-16(20-17)11-12-19-18(21)22-13-15-7-4-3-5-8-15/h3-10,14H,11-13H2,1-2H3,(H,19,21). The van der Waals surface area contributed by atoms with Crippen molar-refractivity contribution >= 4 is 6.09 Å². The second-order valence-electron chi connectivity index (χ2n) is 5.37. The third-order valence-electron chi connectivity index (χ3n) is 3.00. The molecule has 0 aliphatic rings. The van der Waals surface area contributed by atoms with Crippen molar-refractivity contribution < 1.29 is 14.3 Å². The van der Waals surface area contributed by atoms with Crippen LogP contribution in [0.5, 0.6) is 5.88 Å². The van der Waals surface area contributed by atoms with Gasteiger partial charge in [-0.15, -0.1) is 0 Å². The molecule has 0 spiro atoms. The molecule has 0 fully saturated rings. The number of nitrogens with one attached hydrogen (secondary N) is 1. The summed E-state index contributed by atoms with van der Waals surface area (Å²) in [6.07, 6.45) is 0.280. The van der Waals surface area contributed by atoms with Crippen LogP contribution in [0, 0.1) is 0 Å². The van der Waals surface area contributed by atoms with Crippen LogP contribution in [0.4, 0.5) is 4.79 Å². The number of aromatic nitrogens is 1. The molecule has 0 aliphatic heterocycles. The molecular weight excluding hydrogens is 292 g/mol. The van der Waals surface area contributed by atoms with Gasteiger partial charge in [-0.1, -0.05) is 36.4 Å². The molecule has 1 heterocycles. The van der Waals surface area contributed by atoms with Crippen LogP contribution in [0.1, 0.15) is 25.1 Å². The van der Waals surface area contributed by atoms with Crippen molar-refractivity contribution in [3.05, 3.63) is 59.8 Å². The van der Waals surface area contributed by atoms with Crippen LogP contribution in [0.3, 0.4) is 0 Å². The number of nitrogens with zero attached hydrogens (tertiary/aromatic N) is 1. The number of ether oxygens (including phenoxy) is 2. The first kappa shape index (κ1) is 16.8. The fourth-order valence-electron chi connectivity index (χ4n) is 1.97. The maximum atomic E-state index is 11.6. The molecular formula is C18H22N2O3. The quantitative estimate of drug-likeness (QED) is 0.851. The van der Waals surface area contributed by atoms with E-state index in [1.54, 1.807) is 0 Å². The Hall–Kier alpha value is -2.56. The minimum absolute atomic E-state index is 0.0869. The van der Waals surface area contributed by atoms with Gasteiger partial charge in [0, 0.05) is 24.7 Å². The van der Waals surface area contributed by atoms with Crippen molar-refractivity contribution in [1.29, 1.82) is 0 Å². The van der Waals surface area contributed by atoms with Gasteiger partial charge in [-0.05, 0) is 25.5 Å². The Morgan fingerprint density at radius 1 is 1.13 bits per heavy atom. The van der Waals surface area contributed by atoms with Crippen molar-refractivity contribution in [2.75, 3.05) is 6.54 Å². The molecule has 0 saturated heterocycles. The van der Waals surface area contributed by atoms with Crippen LogP contribution in [0.2, 0.25) is 0 Å². The largest absolute Gasteiger partial charge is 0.475 e. The van der Waals surface area contributed by atoms with Gasteiger partial charge in [-0.25, -0.2) is 9.78 Å². The monoisotopic (exact) mass is 314 g/mol. The van der Waals surface area contributed by atoms with Crippen LogP contribution in [-0.2, 0) is 17.8 Å². The van der Waals surface area contributed by atoms with Gasteiger partial charge < -0.3 is 14.8 Å². The molecule has 2 aromatic rings. The molecule has 0 aliphatic carbocycles. The van der Waals surface area contributed by atoms with E-state index in [0.717, 1.165) is 11.3 Å². The average Bonchev–Trinajstić information content (AvgIpc) is 2.54. The lowest BCUT2D eigenvalue weighted by Crippen LogP contribution is -2.26. The van der Waals surface area contributed by atoms with E-state index in [-0.39, 0.29) is 12.7 Å². The zero-order valence-electron chi connectivity index (χ0n) is 13.5. The molecule has 0 saturated carbocycles. The van der Waals surface area contributed by atoms with Gasteiger partial charge in [-0.3, -0.25) is 0 Å². The van der Waals surface area contributed by atoms with Gasteiger partial charge in [-0.2, -0.15) is 0 Å². The van der Waals surface area contributed by atoms with E-state index in [9.17, 15) is 4.79 Å². The maximum Gasteiger partial charge on any atom is 0.407 e. The summed E-state index contributed by atoms with van der Waals surface area (Å²) in [7, 11) is 0. The maximum absolute atomic E-state index is 11.6. The van der Waals surface area contributed by atoms with Crippen LogP contribution in [0.25, 0.3) is 0 Å². The molecule has 0 radical (unpaired) electrons. The smallest absolute Gasteiger partial charge is 0.407 e. The number of pyridine rings is 1. The molecule has 1 aromatic carbocycles. The number of carbonyl (C=O) groups is 1. The lowest BCUT2D eigenvalue weighted by molar-refractivity contribution is 0.140. The second kappa shape index (κ2) is 8.78. The van der Waals surface area contributed by atoms with Crippen molar-refractivity contribution in [2.45, 2.75) is 33.0 Å². The van der Waals surface area contributed by atoms with E-state index in [0.29, 0.717) is 18.8 Å². The molecule has 2 rings (SSSR count). The first-order valence-corrected chi connectivity index (χ1v) is 7.70. The van der Waals surface area contributed by atoms with E-state index in [1.807, 2.05) is 62.4 Å². The third kappa shape index (κ3) is 6.38. The number of hydrogen-bond donors (Lipinski definition) is 1. The Labute approximate surface area is 136 Å². The summed E-state index contributed by atoms with van der Waals surface area (Å²) in [6.45, 7) is 4.64. The van der Waals surface area contributed by atoms with Crippen LogP contribution < -0.4 is 10.1 Å². The zero-order valence-corrected chi connectivity index (χ0v) is 13.5. The Morgan fingerprint density at radius 2 is 1.91 bits per heavy atom. The summed E-state index contributed by atoms with van der Waals surface area (Å²) in [5.74, 6) is 0.601. The van der Waals surface area contributed by atoms with Gasteiger partial charge in [0.25, 0.3) is 0 Å². The highest BCUT2D eigenvalue weighted by molar-refractivity contribution is 5.67. The second-order valence-corrected chi connectivity index (χ2v) is 5.37. The van der Waals surface area contributed by atoms with Crippen LogP contribution in [-0.4, -0.2) is 23.7 Å². The topological polar surface area (TPSA) is 60.5 Å². The number of rotatable bonds is 7. The fraction of sp³-hybridized carbons (Fsp3) is 0.333. The molecule has 23 heavy (non-hydrogen) atoms. The molecule has 5 heteroatoms. The van der Waals surface area contributed by atoms with Crippen molar-refractivity contribution in [3.8, 4) is 5.88 Å². The Morgan fingerprint density at radius 3 is 2.65 bits per heavy atom. The first-order valence-electron chi connectivity index (χ1n) is 7.70. The Kier molecular flexibility index (Phi) is 6.41. The van der Waals surface area contributed by atoms with Gasteiger partial charge in [0.15, 0.2) is 0 Å². The molecule has 1 amide bonds. The lowest BCUT2D eigenvalue weighted by Gasteiger charge is -2.10. The van der Waals surface area contributed by atoms with Crippen molar-refractivity contribution in [2.24, 2.45) is 0 Å². The highest BCUT2D eigenvalue weighted by Gasteiger charge is 2.04. The molecule has 1 aromatic heterocycles. The summed E-state index contributed by atoms with van der Waals surface area (Å²) in [4.78, 5) is 16.0. The summed E-state index contributed by atoms with van der Waals surface area (Å²) < 4.78 is 10.7. The van der Waals surface area contributed by atoms with E-state index >= 15 is 0 Å². The summed E-state index contributed by atoms with van der Waals surface area (Å²) in [6, 6.07) is 15.2. The molecule has 0 atom stereocenters. The summed E-state index contributed by atoms with van der Waals surface area (Å²) in [5.41, 5.74) is 1.83. The number of amides is 1. The van der Waals surface area contributed by atoms with Crippen LogP contribution in [0.15, 0.2) is 48.5 Å². The number of alkyl carbamates (subject to hydrolysis) is 1. The Balaban J connectivity index is 1.71. The van der Waals surface area contributed by atoms with Gasteiger partial charge in [0.05, 0.1) is 6.10 Å². The molecule has 0 unspecified atom stereocenters. The Bertz CT molecular complexity index is 615. The third-order valence-corrected chi connectivity index (χ3v) is 3.00. The molecule has 122 valence electrons. The van der Waals surface area contributed by atoms with Crippen LogP contribution >= 0.6 is 0 Å². The number of hydrogen-bond acceptors (Lipinski definition) is 4. The van der Waals surface area contributed by atoms with E-state index in [1.165, 1.54) is 0 Å². The summed E-state index contributed by atoms with van der Waals surface area (Å²) in [5, 5.41) is 2.72. The molecule has 0 bridgehead atoms.